The highest BCUT2D eigenvalue weighted by atomic mass is 19.4. The number of hydrogen-bond acceptors (Lipinski definition) is 2. The topological polar surface area (TPSA) is 18.5 Å². The van der Waals surface area contributed by atoms with E-state index in [-0.39, 0.29) is 5.92 Å². The van der Waals surface area contributed by atoms with Crippen molar-refractivity contribution in [1.82, 2.24) is 0 Å². The van der Waals surface area contributed by atoms with Crippen molar-refractivity contribution in [2.24, 2.45) is 5.92 Å². The van der Waals surface area contributed by atoms with E-state index in [1.807, 2.05) is 38.1 Å². The molecular weight excluding hydrogens is 353 g/mol. The molecule has 2 aromatic carbocycles. The number of halogens is 3. The Kier molecular flexibility index (Phi) is 7.31. The Bertz CT molecular complexity index is 691. The van der Waals surface area contributed by atoms with Crippen LogP contribution in [0.3, 0.4) is 0 Å². The minimum Gasteiger partial charge on any atom is -0.461 e. The average Bonchev–Trinajstić information content (AvgIpc) is 2.64. The van der Waals surface area contributed by atoms with E-state index in [0.717, 1.165) is 18.6 Å². The second-order valence-electron chi connectivity index (χ2n) is 7.18. The zero-order valence-corrected chi connectivity index (χ0v) is 16.2. The molecule has 0 aliphatic carbocycles. The Hall–Kier alpha value is -2.01. The second kappa shape index (κ2) is 9.27. The highest BCUT2D eigenvalue weighted by molar-refractivity contribution is 5.31. The first-order chi connectivity index (χ1) is 12.7. The standard InChI is InChI=1S/C22H27F3O2/c1-5-16(4)17-8-12-20(13-9-17)27-21(26-14-15(2)3)18-6-10-19(11-7-18)22(23,24)25/h6-13,15-16,21H,5,14H2,1-4H3. The van der Waals surface area contributed by atoms with Gasteiger partial charge >= 0.3 is 6.18 Å². The highest BCUT2D eigenvalue weighted by Gasteiger charge is 2.30. The summed E-state index contributed by atoms with van der Waals surface area (Å²) in [7, 11) is 0. The summed E-state index contributed by atoms with van der Waals surface area (Å²) in [6.07, 6.45) is -4.07. The van der Waals surface area contributed by atoms with Crippen molar-refractivity contribution in [1.29, 1.82) is 0 Å². The number of hydrogen-bond donors (Lipinski definition) is 0. The number of ether oxygens (including phenoxy) is 2. The van der Waals surface area contributed by atoms with Crippen LogP contribution >= 0.6 is 0 Å². The molecule has 0 bridgehead atoms. The number of rotatable bonds is 8. The van der Waals surface area contributed by atoms with E-state index < -0.39 is 18.0 Å². The SMILES string of the molecule is CCC(C)c1ccc(OC(OCC(C)C)c2ccc(C(F)(F)F)cc2)cc1. The van der Waals surface area contributed by atoms with Crippen LogP contribution < -0.4 is 4.74 Å². The maximum atomic E-state index is 12.8. The van der Waals surface area contributed by atoms with Gasteiger partial charge in [0, 0.05) is 5.56 Å². The molecule has 0 saturated heterocycles. The van der Waals surface area contributed by atoms with E-state index >= 15 is 0 Å². The van der Waals surface area contributed by atoms with Gasteiger partial charge in [-0.25, -0.2) is 0 Å². The Morgan fingerprint density at radius 2 is 1.41 bits per heavy atom. The lowest BCUT2D eigenvalue weighted by molar-refractivity contribution is -0.137. The van der Waals surface area contributed by atoms with Gasteiger partial charge < -0.3 is 9.47 Å². The van der Waals surface area contributed by atoms with Crippen LogP contribution in [0.4, 0.5) is 13.2 Å². The highest BCUT2D eigenvalue weighted by Crippen LogP contribution is 2.31. The van der Waals surface area contributed by atoms with Crippen molar-refractivity contribution in [3.63, 3.8) is 0 Å². The van der Waals surface area contributed by atoms with Gasteiger partial charge in [0.15, 0.2) is 0 Å². The third-order valence-electron chi connectivity index (χ3n) is 4.40. The molecule has 0 saturated carbocycles. The predicted molar refractivity (Wildman–Crippen MR) is 101 cm³/mol. The third kappa shape index (κ3) is 6.28. The van der Waals surface area contributed by atoms with Gasteiger partial charge in [0.2, 0.25) is 6.29 Å². The molecule has 2 nitrogen and oxygen atoms in total. The number of benzene rings is 2. The lowest BCUT2D eigenvalue weighted by atomic mass is 9.99. The molecule has 2 rings (SSSR count). The van der Waals surface area contributed by atoms with E-state index in [2.05, 4.69) is 13.8 Å². The van der Waals surface area contributed by atoms with E-state index in [0.29, 0.717) is 23.8 Å². The third-order valence-corrected chi connectivity index (χ3v) is 4.40. The summed E-state index contributed by atoms with van der Waals surface area (Å²) in [6, 6.07) is 12.7. The van der Waals surface area contributed by atoms with E-state index in [1.165, 1.54) is 17.7 Å². The molecule has 2 aromatic rings. The van der Waals surface area contributed by atoms with Crippen molar-refractivity contribution in [3.8, 4) is 5.75 Å². The van der Waals surface area contributed by atoms with Crippen LogP contribution in [0.25, 0.3) is 0 Å². The van der Waals surface area contributed by atoms with Gasteiger partial charge in [-0.3, -0.25) is 0 Å². The second-order valence-corrected chi connectivity index (χ2v) is 7.18. The summed E-state index contributed by atoms with van der Waals surface area (Å²) in [5.41, 5.74) is 1.08. The molecule has 148 valence electrons. The molecule has 2 atom stereocenters. The van der Waals surface area contributed by atoms with Crippen LogP contribution in [0, 0.1) is 5.92 Å². The van der Waals surface area contributed by atoms with Gasteiger partial charge in [-0.1, -0.05) is 52.0 Å². The summed E-state index contributed by atoms with van der Waals surface area (Å²) in [5, 5.41) is 0. The monoisotopic (exact) mass is 380 g/mol. The fraction of sp³-hybridized carbons (Fsp3) is 0.455. The van der Waals surface area contributed by atoms with E-state index in [1.54, 1.807) is 0 Å². The largest absolute Gasteiger partial charge is 0.461 e. The zero-order chi connectivity index (χ0) is 20.0. The van der Waals surface area contributed by atoms with Gasteiger partial charge in [-0.15, -0.1) is 0 Å². The Morgan fingerprint density at radius 3 is 1.89 bits per heavy atom. The average molecular weight is 380 g/mol. The zero-order valence-electron chi connectivity index (χ0n) is 16.2. The van der Waals surface area contributed by atoms with Gasteiger partial charge in [0.25, 0.3) is 0 Å². The van der Waals surface area contributed by atoms with Gasteiger partial charge in [-0.05, 0) is 48.1 Å². The van der Waals surface area contributed by atoms with E-state index in [4.69, 9.17) is 9.47 Å². The van der Waals surface area contributed by atoms with E-state index in [9.17, 15) is 13.2 Å². The lowest BCUT2D eigenvalue weighted by Gasteiger charge is -2.22. The van der Waals surface area contributed by atoms with Crippen LogP contribution in [0.1, 0.15) is 63.0 Å². The molecule has 0 heterocycles. The Balaban J connectivity index is 2.18. The summed E-state index contributed by atoms with van der Waals surface area (Å²) >= 11 is 0. The maximum Gasteiger partial charge on any atom is 0.416 e. The minimum atomic E-state index is -4.36. The van der Waals surface area contributed by atoms with Crippen LogP contribution in [0.15, 0.2) is 48.5 Å². The fourth-order valence-electron chi connectivity index (χ4n) is 2.54. The molecule has 0 aromatic heterocycles. The molecule has 0 N–H and O–H groups in total. The normalized spacial score (nSPS) is 14.2. The predicted octanol–water partition coefficient (Wildman–Crippen LogP) is 6.97. The molecule has 0 aliphatic heterocycles. The molecule has 5 heteroatoms. The molecule has 27 heavy (non-hydrogen) atoms. The first-order valence-electron chi connectivity index (χ1n) is 9.26. The van der Waals surface area contributed by atoms with Gasteiger partial charge in [0.1, 0.15) is 5.75 Å². The Labute approximate surface area is 159 Å². The van der Waals surface area contributed by atoms with Gasteiger partial charge in [0.05, 0.1) is 12.2 Å². The molecular formula is C22H27F3O2. The summed E-state index contributed by atoms with van der Waals surface area (Å²) in [6.45, 7) is 8.74. The first-order valence-corrected chi connectivity index (χ1v) is 9.26. The summed E-state index contributed by atoms with van der Waals surface area (Å²) < 4.78 is 50.1. The van der Waals surface area contributed by atoms with Gasteiger partial charge in [-0.2, -0.15) is 13.2 Å². The quantitative estimate of drug-likeness (QED) is 0.460. The van der Waals surface area contributed by atoms with Crippen LogP contribution in [0.2, 0.25) is 0 Å². The first kappa shape index (κ1) is 21.3. The fourth-order valence-corrected chi connectivity index (χ4v) is 2.54. The van der Waals surface area contributed by atoms with Crippen molar-refractivity contribution in [2.45, 2.75) is 52.5 Å². The minimum absolute atomic E-state index is 0.276. The Morgan fingerprint density at radius 1 is 0.852 bits per heavy atom. The summed E-state index contributed by atoms with van der Waals surface area (Å²) in [5.74, 6) is 1.36. The smallest absolute Gasteiger partial charge is 0.416 e. The van der Waals surface area contributed by atoms with Crippen LogP contribution in [-0.4, -0.2) is 6.61 Å². The molecule has 0 fully saturated rings. The lowest BCUT2D eigenvalue weighted by Crippen LogP contribution is -2.15. The molecule has 0 amide bonds. The van der Waals surface area contributed by atoms with Crippen LogP contribution in [0.5, 0.6) is 5.75 Å². The molecule has 0 aliphatic rings. The van der Waals surface area contributed by atoms with Crippen LogP contribution in [-0.2, 0) is 10.9 Å². The molecule has 0 spiro atoms. The molecule has 0 radical (unpaired) electrons. The van der Waals surface area contributed by atoms with Crippen molar-refractivity contribution in [2.75, 3.05) is 6.61 Å². The van der Waals surface area contributed by atoms with Crippen molar-refractivity contribution in [3.05, 3.63) is 65.2 Å². The number of alkyl halides is 3. The summed E-state index contributed by atoms with van der Waals surface area (Å²) in [4.78, 5) is 0. The molecule has 2 unspecified atom stereocenters. The van der Waals surface area contributed by atoms with Crippen molar-refractivity contribution < 1.29 is 22.6 Å². The van der Waals surface area contributed by atoms with Crippen molar-refractivity contribution >= 4 is 0 Å². The maximum absolute atomic E-state index is 12.8.